The van der Waals surface area contributed by atoms with E-state index in [0.717, 1.165) is 17.8 Å². The number of benzene rings is 1. The van der Waals surface area contributed by atoms with E-state index in [4.69, 9.17) is 10.4 Å². The van der Waals surface area contributed by atoms with Gasteiger partial charge in [0.15, 0.2) is 0 Å². The number of rotatable bonds is 2. The average Bonchev–Trinajstić information content (AvgIpc) is 2.71. The lowest BCUT2D eigenvalue weighted by Gasteiger charge is -2.25. The summed E-state index contributed by atoms with van der Waals surface area (Å²) in [6.45, 7) is 4.60. The molecule has 0 aliphatic carbocycles. The van der Waals surface area contributed by atoms with Gasteiger partial charge < -0.3 is 10.0 Å². The minimum absolute atomic E-state index is 0.00478. The molecule has 1 aliphatic rings. The van der Waals surface area contributed by atoms with Gasteiger partial charge in [-0.05, 0) is 44.0 Å². The lowest BCUT2D eigenvalue weighted by atomic mass is 10.0. The Kier molecular flexibility index (Phi) is 3.24. The fourth-order valence-corrected chi connectivity index (χ4v) is 2.59. The molecule has 1 N–H and O–H groups in total. The highest BCUT2D eigenvalue weighted by molar-refractivity contribution is 5.73. The number of nitriles is 1. The molecule has 0 aromatic heterocycles. The Morgan fingerprint density at radius 3 is 2.78 bits per heavy atom. The van der Waals surface area contributed by atoms with Gasteiger partial charge in [0.05, 0.1) is 17.6 Å². The third-order valence-corrected chi connectivity index (χ3v) is 3.73. The molecule has 0 bridgehead atoms. The van der Waals surface area contributed by atoms with Gasteiger partial charge in [0, 0.05) is 18.3 Å². The van der Waals surface area contributed by atoms with Gasteiger partial charge in [-0.25, -0.2) is 0 Å². The van der Waals surface area contributed by atoms with Crippen molar-refractivity contribution in [3.63, 3.8) is 0 Å². The second-order valence-electron chi connectivity index (χ2n) is 4.78. The first-order valence-corrected chi connectivity index (χ1v) is 6.05. The van der Waals surface area contributed by atoms with E-state index in [1.54, 1.807) is 6.07 Å². The highest BCUT2D eigenvalue weighted by atomic mass is 16.4. The van der Waals surface area contributed by atoms with Crippen LogP contribution in [0.3, 0.4) is 0 Å². The van der Waals surface area contributed by atoms with Crippen LogP contribution in [0, 0.1) is 24.2 Å². The standard InChI is InChI=1S/C14H16N2O2/c1-9-7-12(4-3-11(9)8-15)16-6-5-13(10(16)2)14(17)18/h3-4,7,10,13H,5-6H2,1-2H3,(H,17,18). The van der Waals surface area contributed by atoms with E-state index >= 15 is 0 Å². The topological polar surface area (TPSA) is 64.3 Å². The van der Waals surface area contributed by atoms with Gasteiger partial charge in [-0.15, -0.1) is 0 Å². The second-order valence-corrected chi connectivity index (χ2v) is 4.78. The van der Waals surface area contributed by atoms with Crippen LogP contribution in [0.5, 0.6) is 0 Å². The number of aliphatic carboxylic acids is 1. The summed E-state index contributed by atoms with van der Waals surface area (Å²) in [5.41, 5.74) is 2.60. The van der Waals surface area contributed by atoms with Gasteiger partial charge in [-0.2, -0.15) is 5.26 Å². The van der Waals surface area contributed by atoms with Crippen molar-refractivity contribution in [3.05, 3.63) is 29.3 Å². The molecule has 4 heteroatoms. The van der Waals surface area contributed by atoms with Crippen molar-refractivity contribution in [2.24, 2.45) is 5.92 Å². The molecule has 2 unspecified atom stereocenters. The molecule has 0 spiro atoms. The molecule has 1 aliphatic heterocycles. The van der Waals surface area contributed by atoms with E-state index in [1.807, 2.05) is 26.0 Å². The number of carbonyl (C=O) groups is 1. The zero-order valence-corrected chi connectivity index (χ0v) is 10.6. The fourth-order valence-electron chi connectivity index (χ4n) is 2.59. The van der Waals surface area contributed by atoms with Crippen molar-refractivity contribution in [1.82, 2.24) is 0 Å². The van der Waals surface area contributed by atoms with Crippen LogP contribution in [0.25, 0.3) is 0 Å². The van der Waals surface area contributed by atoms with Crippen LogP contribution in [0.4, 0.5) is 5.69 Å². The molecule has 2 rings (SSSR count). The summed E-state index contributed by atoms with van der Waals surface area (Å²) in [5.74, 6) is -1.03. The molecule has 0 amide bonds. The van der Waals surface area contributed by atoms with Gasteiger partial charge in [0.25, 0.3) is 0 Å². The van der Waals surface area contributed by atoms with Gasteiger partial charge in [0.2, 0.25) is 0 Å². The Balaban J connectivity index is 2.26. The third-order valence-electron chi connectivity index (χ3n) is 3.73. The zero-order valence-electron chi connectivity index (χ0n) is 10.6. The van der Waals surface area contributed by atoms with Gasteiger partial charge in [-0.1, -0.05) is 0 Å². The Morgan fingerprint density at radius 1 is 1.56 bits per heavy atom. The van der Waals surface area contributed by atoms with E-state index in [9.17, 15) is 4.79 Å². The molecule has 1 fully saturated rings. The maximum Gasteiger partial charge on any atom is 0.308 e. The molecule has 0 saturated carbocycles. The van der Waals surface area contributed by atoms with Crippen molar-refractivity contribution >= 4 is 11.7 Å². The van der Waals surface area contributed by atoms with E-state index in [2.05, 4.69) is 11.0 Å². The summed E-state index contributed by atoms with van der Waals surface area (Å²) in [6.07, 6.45) is 0.676. The van der Waals surface area contributed by atoms with Crippen molar-refractivity contribution < 1.29 is 9.90 Å². The number of carboxylic acids is 1. The predicted molar refractivity (Wildman–Crippen MR) is 68.4 cm³/mol. The first kappa shape index (κ1) is 12.4. The van der Waals surface area contributed by atoms with Crippen molar-refractivity contribution in [2.75, 3.05) is 11.4 Å². The second kappa shape index (κ2) is 4.69. The maximum absolute atomic E-state index is 11.1. The van der Waals surface area contributed by atoms with Crippen LogP contribution in [0.15, 0.2) is 18.2 Å². The summed E-state index contributed by atoms with van der Waals surface area (Å²) in [4.78, 5) is 13.2. The van der Waals surface area contributed by atoms with Crippen LogP contribution in [0.1, 0.15) is 24.5 Å². The number of hydrogen-bond acceptors (Lipinski definition) is 3. The van der Waals surface area contributed by atoms with Gasteiger partial charge in [0.1, 0.15) is 0 Å². The molecule has 4 nitrogen and oxygen atoms in total. The Bertz CT molecular complexity index is 519. The minimum atomic E-state index is -0.727. The van der Waals surface area contributed by atoms with E-state index in [0.29, 0.717) is 12.0 Å². The predicted octanol–water partition coefficient (Wildman–Crippen LogP) is 2.17. The number of aryl methyl sites for hydroxylation is 1. The largest absolute Gasteiger partial charge is 0.481 e. The van der Waals surface area contributed by atoms with Crippen molar-refractivity contribution in [3.8, 4) is 6.07 Å². The first-order valence-electron chi connectivity index (χ1n) is 6.05. The SMILES string of the molecule is Cc1cc(N2CCC(C(=O)O)C2C)ccc1C#N. The van der Waals surface area contributed by atoms with Crippen molar-refractivity contribution in [1.29, 1.82) is 5.26 Å². The molecule has 2 atom stereocenters. The third kappa shape index (κ3) is 2.04. The number of anilines is 1. The molecule has 18 heavy (non-hydrogen) atoms. The molecule has 94 valence electrons. The molecule has 1 aromatic carbocycles. The number of carboxylic acid groups (broad SMARTS) is 1. The molecular weight excluding hydrogens is 228 g/mol. The molecular formula is C14H16N2O2. The number of nitrogens with zero attached hydrogens (tertiary/aromatic N) is 2. The molecule has 1 saturated heterocycles. The highest BCUT2D eigenvalue weighted by Gasteiger charge is 2.35. The summed E-state index contributed by atoms with van der Waals surface area (Å²) >= 11 is 0. The summed E-state index contributed by atoms with van der Waals surface area (Å²) in [7, 11) is 0. The zero-order chi connectivity index (χ0) is 13.3. The normalized spacial score (nSPS) is 22.8. The van der Waals surface area contributed by atoms with Crippen LogP contribution in [-0.2, 0) is 4.79 Å². The Hall–Kier alpha value is -2.02. The molecule has 0 radical (unpaired) electrons. The fraction of sp³-hybridized carbons (Fsp3) is 0.429. The van der Waals surface area contributed by atoms with E-state index in [1.165, 1.54) is 0 Å². The van der Waals surface area contributed by atoms with Crippen LogP contribution in [-0.4, -0.2) is 23.7 Å². The average molecular weight is 244 g/mol. The van der Waals surface area contributed by atoms with E-state index in [-0.39, 0.29) is 12.0 Å². The summed E-state index contributed by atoms with van der Waals surface area (Å²) in [6, 6.07) is 7.78. The summed E-state index contributed by atoms with van der Waals surface area (Å²) in [5, 5.41) is 18.0. The minimum Gasteiger partial charge on any atom is -0.481 e. The van der Waals surface area contributed by atoms with Crippen molar-refractivity contribution in [2.45, 2.75) is 26.3 Å². The Morgan fingerprint density at radius 2 is 2.28 bits per heavy atom. The first-order chi connectivity index (χ1) is 8.54. The molecule has 1 aromatic rings. The lowest BCUT2D eigenvalue weighted by Crippen LogP contribution is -2.32. The van der Waals surface area contributed by atoms with E-state index < -0.39 is 5.97 Å². The van der Waals surface area contributed by atoms with Crippen LogP contribution in [0.2, 0.25) is 0 Å². The van der Waals surface area contributed by atoms with Crippen LogP contribution < -0.4 is 4.90 Å². The van der Waals surface area contributed by atoms with Crippen LogP contribution >= 0.6 is 0 Å². The van der Waals surface area contributed by atoms with Gasteiger partial charge in [-0.3, -0.25) is 4.79 Å². The lowest BCUT2D eigenvalue weighted by molar-refractivity contribution is -0.141. The summed E-state index contributed by atoms with van der Waals surface area (Å²) < 4.78 is 0. The highest BCUT2D eigenvalue weighted by Crippen LogP contribution is 2.30. The maximum atomic E-state index is 11.1. The smallest absolute Gasteiger partial charge is 0.308 e. The monoisotopic (exact) mass is 244 g/mol. The molecule has 1 heterocycles. The number of hydrogen-bond donors (Lipinski definition) is 1. The quantitative estimate of drug-likeness (QED) is 0.865. The van der Waals surface area contributed by atoms with Gasteiger partial charge >= 0.3 is 5.97 Å². The Labute approximate surface area is 106 Å².